The highest BCUT2D eigenvalue weighted by Gasteiger charge is 2.44. The van der Waals surface area contributed by atoms with Gasteiger partial charge in [-0.3, -0.25) is 14.4 Å². The average molecular weight is 591 g/mol. The summed E-state index contributed by atoms with van der Waals surface area (Å²) in [5, 5.41) is 8.73. The van der Waals surface area contributed by atoms with Crippen molar-refractivity contribution in [1.82, 2.24) is 20.9 Å². The van der Waals surface area contributed by atoms with Gasteiger partial charge in [-0.05, 0) is 70.9 Å². The van der Waals surface area contributed by atoms with E-state index in [-0.39, 0.29) is 45.6 Å². The third-order valence-corrected chi connectivity index (χ3v) is 9.42. The van der Waals surface area contributed by atoms with Crippen molar-refractivity contribution in [2.45, 2.75) is 104 Å². The van der Waals surface area contributed by atoms with Gasteiger partial charge in [-0.15, -0.1) is 0 Å². The summed E-state index contributed by atoms with van der Waals surface area (Å²) in [6, 6.07) is 4.50. The monoisotopic (exact) mass is 590 g/mol. The maximum atomic E-state index is 13.9. The fraction of sp³-hybridized carbons (Fsp3) is 0.645. The number of benzene rings is 1. The Morgan fingerprint density at radius 3 is 2.17 bits per heavy atom. The predicted molar refractivity (Wildman–Crippen MR) is 163 cm³/mol. The Kier molecular flexibility index (Phi) is 11.7. The van der Waals surface area contributed by atoms with Crippen molar-refractivity contribution in [3.8, 4) is 0 Å². The lowest BCUT2D eigenvalue weighted by molar-refractivity contribution is -0.141. The Morgan fingerprint density at radius 2 is 1.66 bits per heavy atom. The van der Waals surface area contributed by atoms with E-state index < -0.39 is 39.7 Å². The highest BCUT2D eigenvalue weighted by molar-refractivity contribution is 7.91. The van der Waals surface area contributed by atoms with Crippen LogP contribution in [0, 0.1) is 24.7 Å². The summed E-state index contributed by atoms with van der Waals surface area (Å²) in [4.78, 5) is 42.0. The molecule has 1 heterocycles. The van der Waals surface area contributed by atoms with Gasteiger partial charge in [0, 0.05) is 17.7 Å². The fourth-order valence-corrected chi connectivity index (χ4v) is 5.91. The molecule has 0 bridgehead atoms. The van der Waals surface area contributed by atoms with Gasteiger partial charge in [0.15, 0.2) is 9.84 Å². The van der Waals surface area contributed by atoms with E-state index in [0.29, 0.717) is 13.0 Å². The summed E-state index contributed by atoms with van der Waals surface area (Å²) in [6.45, 7) is 22.1. The number of hydrogen-bond acceptors (Lipinski definition) is 6. The van der Waals surface area contributed by atoms with E-state index in [4.69, 9.17) is 0 Å². The smallest absolute Gasteiger partial charge is 0.249 e. The quantitative estimate of drug-likeness (QED) is 0.320. The minimum Gasteiger partial charge on any atom is -0.348 e. The van der Waals surface area contributed by atoms with Gasteiger partial charge in [0.2, 0.25) is 17.7 Å². The van der Waals surface area contributed by atoms with Crippen molar-refractivity contribution >= 4 is 27.6 Å². The second kappa shape index (κ2) is 14.0. The second-order valence-corrected chi connectivity index (χ2v) is 14.8. The molecule has 4 unspecified atom stereocenters. The summed E-state index contributed by atoms with van der Waals surface area (Å²) in [5.74, 6) is -1.18. The molecule has 230 valence electrons. The number of rotatable bonds is 12. The zero-order chi connectivity index (χ0) is 31.3. The van der Waals surface area contributed by atoms with Crippen LogP contribution in [-0.2, 0) is 24.2 Å². The van der Waals surface area contributed by atoms with Gasteiger partial charge in [-0.25, -0.2) is 8.42 Å². The largest absolute Gasteiger partial charge is 0.348 e. The molecule has 1 aromatic rings. The van der Waals surface area contributed by atoms with Crippen molar-refractivity contribution in [2.75, 3.05) is 12.4 Å². The molecule has 5 atom stereocenters. The number of amides is 3. The summed E-state index contributed by atoms with van der Waals surface area (Å²) in [6.07, 6.45) is 1.33. The summed E-state index contributed by atoms with van der Waals surface area (Å²) in [5.41, 5.74) is 0.667. The van der Waals surface area contributed by atoms with Crippen molar-refractivity contribution in [3.05, 3.63) is 42.0 Å². The topological polar surface area (TPSA) is 125 Å². The Hall–Kier alpha value is -2.72. The lowest BCUT2D eigenvalue weighted by atomic mass is 9.93. The molecule has 10 heteroatoms. The van der Waals surface area contributed by atoms with Crippen LogP contribution in [0.5, 0.6) is 0 Å². The van der Waals surface area contributed by atoms with E-state index in [2.05, 4.69) is 36.4 Å². The minimum absolute atomic E-state index is 0.0284. The van der Waals surface area contributed by atoms with Crippen LogP contribution in [0.25, 0.3) is 0 Å². The zero-order valence-electron chi connectivity index (χ0n) is 26.2. The molecular formula is C31H50N4O5S. The summed E-state index contributed by atoms with van der Waals surface area (Å²) >= 11 is 0. The van der Waals surface area contributed by atoms with E-state index in [0.717, 1.165) is 12.0 Å². The number of carbonyl (C=O) groups excluding carboxylic acids is 3. The van der Waals surface area contributed by atoms with Gasteiger partial charge < -0.3 is 20.9 Å². The molecule has 1 aliphatic rings. The van der Waals surface area contributed by atoms with Gasteiger partial charge in [-0.2, -0.15) is 0 Å². The van der Waals surface area contributed by atoms with Crippen LogP contribution in [-0.4, -0.2) is 67.1 Å². The molecule has 3 N–H and O–H groups in total. The van der Waals surface area contributed by atoms with Crippen molar-refractivity contribution in [1.29, 1.82) is 0 Å². The molecule has 0 aromatic heterocycles. The Balaban J connectivity index is 2.13. The third-order valence-electron chi connectivity index (χ3n) is 7.91. The number of nitrogens with zero attached hydrogens (tertiary/aromatic N) is 1. The molecule has 41 heavy (non-hydrogen) atoms. The van der Waals surface area contributed by atoms with Crippen LogP contribution in [0.2, 0.25) is 0 Å². The van der Waals surface area contributed by atoms with Gasteiger partial charge in [-0.1, -0.05) is 58.4 Å². The first kappa shape index (κ1) is 34.5. The molecule has 9 nitrogen and oxygen atoms in total. The van der Waals surface area contributed by atoms with Gasteiger partial charge in [0.05, 0.1) is 17.0 Å². The lowest BCUT2D eigenvalue weighted by Crippen LogP contribution is -2.58. The first-order chi connectivity index (χ1) is 18.9. The van der Waals surface area contributed by atoms with Gasteiger partial charge in [0.25, 0.3) is 0 Å². The van der Waals surface area contributed by atoms with Crippen molar-refractivity contribution in [2.24, 2.45) is 17.8 Å². The lowest BCUT2D eigenvalue weighted by Gasteiger charge is -2.36. The zero-order valence-corrected chi connectivity index (χ0v) is 27.0. The Morgan fingerprint density at radius 1 is 1.07 bits per heavy atom. The molecule has 0 aliphatic carbocycles. The van der Waals surface area contributed by atoms with Crippen LogP contribution in [0.15, 0.2) is 41.3 Å². The SMILES string of the molecule is C=C(C(=O)NCS(=O)(=O)c1ccc(C)cc1)C(C)NC(=O)C1C[C@@H](C(C)C)CN1C(=O)C(NC(C)(C)C)C(C)CC. The number of nitrogens with one attached hydrogen (secondary N) is 3. The fourth-order valence-electron chi connectivity index (χ4n) is 4.87. The number of carbonyl (C=O) groups is 3. The molecule has 1 aliphatic heterocycles. The molecule has 3 amide bonds. The maximum Gasteiger partial charge on any atom is 0.249 e. The molecule has 1 saturated heterocycles. The number of sulfone groups is 1. The first-order valence-corrected chi connectivity index (χ1v) is 16.2. The molecule has 1 fully saturated rings. The van der Waals surface area contributed by atoms with Crippen LogP contribution in [0.1, 0.15) is 73.8 Å². The molecule has 0 saturated carbocycles. The molecule has 0 radical (unpaired) electrons. The van der Waals surface area contributed by atoms with E-state index in [9.17, 15) is 22.8 Å². The van der Waals surface area contributed by atoms with E-state index >= 15 is 0 Å². The third kappa shape index (κ3) is 9.39. The first-order valence-electron chi connectivity index (χ1n) is 14.5. The minimum atomic E-state index is -3.74. The van der Waals surface area contributed by atoms with Crippen molar-refractivity contribution < 1.29 is 22.8 Å². The Labute approximate surface area is 246 Å². The van der Waals surface area contributed by atoms with Crippen LogP contribution in [0.3, 0.4) is 0 Å². The van der Waals surface area contributed by atoms with Crippen molar-refractivity contribution in [3.63, 3.8) is 0 Å². The number of hydrogen-bond donors (Lipinski definition) is 3. The average Bonchev–Trinajstić information content (AvgIpc) is 3.35. The Bertz CT molecular complexity index is 1200. The summed E-state index contributed by atoms with van der Waals surface area (Å²) in [7, 11) is -3.74. The van der Waals surface area contributed by atoms with Crippen LogP contribution >= 0.6 is 0 Å². The van der Waals surface area contributed by atoms with E-state index in [1.165, 1.54) is 12.1 Å². The summed E-state index contributed by atoms with van der Waals surface area (Å²) < 4.78 is 25.3. The predicted octanol–water partition coefficient (Wildman–Crippen LogP) is 3.58. The highest BCUT2D eigenvalue weighted by Crippen LogP contribution is 2.31. The van der Waals surface area contributed by atoms with Crippen LogP contribution in [0.4, 0.5) is 0 Å². The van der Waals surface area contributed by atoms with E-state index in [1.54, 1.807) is 24.0 Å². The highest BCUT2D eigenvalue weighted by atomic mass is 32.2. The number of likely N-dealkylation sites (tertiary alicyclic amines) is 1. The molecular weight excluding hydrogens is 540 g/mol. The van der Waals surface area contributed by atoms with Gasteiger partial charge in [0.1, 0.15) is 11.9 Å². The van der Waals surface area contributed by atoms with E-state index in [1.807, 2.05) is 41.5 Å². The maximum absolute atomic E-state index is 13.9. The molecule has 1 aromatic carbocycles. The number of aryl methyl sites for hydroxylation is 1. The van der Waals surface area contributed by atoms with Gasteiger partial charge >= 0.3 is 0 Å². The second-order valence-electron chi connectivity index (χ2n) is 12.8. The van der Waals surface area contributed by atoms with Crippen LogP contribution < -0.4 is 16.0 Å². The standard InChI is InChI=1S/C31H50N4O5S/c1-11-21(5)27(34-31(8,9)10)30(38)35-17-24(19(2)3)16-26(35)29(37)33-23(7)22(6)28(36)32-18-41(39,40)25-14-12-20(4)13-15-25/h12-15,19,21,23-24,26-27,34H,6,11,16-18H2,1-5,7-10H3,(H,32,36)(H,33,37)/t21?,23?,24-,26?,27?/m1/s1. The normalized spacial score (nSPS) is 19.9. The molecule has 0 spiro atoms. The molecule has 2 rings (SSSR count).